The van der Waals surface area contributed by atoms with Crippen molar-refractivity contribution in [3.8, 4) is 0 Å². The zero-order valence-corrected chi connectivity index (χ0v) is 13.5. The molecule has 2 N–H and O–H groups in total. The van der Waals surface area contributed by atoms with Crippen molar-refractivity contribution in [1.29, 1.82) is 0 Å². The van der Waals surface area contributed by atoms with E-state index in [1.807, 2.05) is 37.6 Å². The van der Waals surface area contributed by atoms with E-state index in [2.05, 4.69) is 32.7 Å². The van der Waals surface area contributed by atoms with E-state index in [1.54, 1.807) is 0 Å². The van der Waals surface area contributed by atoms with Crippen LogP contribution >= 0.6 is 12.2 Å². The Balaban J connectivity index is 1.74. The largest absolute Gasteiger partial charge is 0.353 e. The first kappa shape index (κ1) is 14.9. The molecule has 5 heteroatoms. The molecule has 3 rings (SSSR count). The fourth-order valence-corrected chi connectivity index (χ4v) is 3.34. The van der Waals surface area contributed by atoms with Crippen LogP contribution in [0.25, 0.3) is 0 Å². The highest BCUT2D eigenvalue weighted by Gasteiger charge is 2.36. The van der Waals surface area contributed by atoms with Crippen LogP contribution in [0.2, 0.25) is 0 Å². The summed E-state index contributed by atoms with van der Waals surface area (Å²) >= 11 is 5.50. The molecule has 114 valence electrons. The number of thiocarbonyl (C=S) groups is 1. The fourth-order valence-electron chi connectivity index (χ4n) is 3.04. The van der Waals surface area contributed by atoms with Crippen molar-refractivity contribution in [3.05, 3.63) is 54.0 Å². The third kappa shape index (κ3) is 3.25. The fraction of sp³-hybridized carbons (Fsp3) is 0.353. The average molecular weight is 312 g/mol. The predicted molar refractivity (Wildman–Crippen MR) is 92.7 cm³/mol. The van der Waals surface area contributed by atoms with Gasteiger partial charge in [-0.25, -0.2) is 4.98 Å². The molecule has 0 radical (unpaired) electrons. The first-order valence-corrected chi connectivity index (χ1v) is 8.01. The van der Waals surface area contributed by atoms with Gasteiger partial charge in [0.1, 0.15) is 5.82 Å². The number of anilines is 1. The van der Waals surface area contributed by atoms with Crippen LogP contribution in [0, 0.1) is 6.92 Å². The number of aromatic nitrogens is 2. The van der Waals surface area contributed by atoms with Crippen molar-refractivity contribution >= 4 is 23.1 Å². The lowest BCUT2D eigenvalue weighted by molar-refractivity contribution is 0.408. The Kier molecular flexibility index (Phi) is 4.34. The van der Waals surface area contributed by atoms with E-state index >= 15 is 0 Å². The van der Waals surface area contributed by atoms with Crippen molar-refractivity contribution in [2.45, 2.75) is 38.1 Å². The number of nitrogens with zero attached hydrogens (tertiary/aromatic N) is 2. The molecule has 0 bridgehead atoms. The van der Waals surface area contributed by atoms with E-state index < -0.39 is 0 Å². The molecule has 0 unspecified atom stereocenters. The number of nitrogens with one attached hydrogen (secondary N) is 2. The SMILES string of the molecule is Cc1ccc(NC(=S)NC2(c3ccncc3)CCCC2)nc1. The van der Waals surface area contributed by atoms with Crippen molar-refractivity contribution in [2.24, 2.45) is 0 Å². The first-order chi connectivity index (χ1) is 10.7. The maximum Gasteiger partial charge on any atom is 0.172 e. The Bertz CT molecular complexity index is 633. The molecule has 0 amide bonds. The Labute approximate surface area is 136 Å². The van der Waals surface area contributed by atoms with Gasteiger partial charge in [0.25, 0.3) is 0 Å². The highest BCUT2D eigenvalue weighted by atomic mass is 32.1. The van der Waals surface area contributed by atoms with Gasteiger partial charge in [-0.1, -0.05) is 18.9 Å². The molecule has 0 aromatic carbocycles. The summed E-state index contributed by atoms with van der Waals surface area (Å²) in [5.41, 5.74) is 2.30. The first-order valence-electron chi connectivity index (χ1n) is 7.60. The Morgan fingerprint density at radius 2 is 1.86 bits per heavy atom. The summed E-state index contributed by atoms with van der Waals surface area (Å²) in [6.45, 7) is 2.02. The highest BCUT2D eigenvalue weighted by molar-refractivity contribution is 7.80. The molecule has 0 atom stereocenters. The molecule has 0 saturated heterocycles. The lowest BCUT2D eigenvalue weighted by atomic mass is 9.89. The van der Waals surface area contributed by atoms with Gasteiger partial charge in [-0.05, 0) is 61.3 Å². The molecule has 4 nitrogen and oxygen atoms in total. The van der Waals surface area contributed by atoms with Crippen molar-refractivity contribution in [1.82, 2.24) is 15.3 Å². The summed E-state index contributed by atoms with van der Waals surface area (Å²) in [7, 11) is 0. The van der Waals surface area contributed by atoms with Crippen LogP contribution in [-0.2, 0) is 5.54 Å². The molecule has 1 fully saturated rings. The smallest absolute Gasteiger partial charge is 0.172 e. The van der Waals surface area contributed by atoms with Gasteiger partial charge >= 0.3 is 0 Å². The number of pyridine rings is 2. The van der Waals surface area contributed by atoms with Crippen LogP contribution in [-0.4, -0.2) is 15.1 Å². The molecule has 1 saturated carbocycles. The summed E-state index contributed by atoms with van der Waals surface area (Å²) in [4.78, 5) is 8.46. The van der Waals surface area contributed by atoms with Crippen LogP contribution in [0.3, 0.4) is 0 Å². The maximum absolute atomic E-state index is 5.50. The topological polar surface area (TPSA) is 49.8 Å². The molecule has 0 aliphatic heterocycles. The third-order valence-corrected chi connectivity index (χ3v) is 4.40. The van der Waals surface area contributed by atoms with Gasteiger partial charge < -0.3 is 10.6 Å². The molecule has 2 heterocycles. The number of hydrogen-bond acceptors (Lipinski definition) is 3. The Morgan fingerprint density at radius 1 is 1.14 bits per heavy atom. The molecule has 0 spiro atoms. The second kappa shape index (κ2) is 6.40. The monoisotopic (exact) mass is 312 g/mol. The number of aryl methyl sites for hydroxylation is 1. The van der Waals surface area contributed by atoms with Crippen molar-refractivity contribution in [3.63, 3.8) is 0 Å². The third-order valence-electron chi connectivity index (χ3n) is 4.20. The zero-order chi connectivity index (χ0) is 15.4. The van der Waals surface area contributed by atoms with Crippen LogP contribution < -0.4 is 10.6 Å². The molecular formula is C17H20N4S. The standard InChI is InChI=1S/C17H20N4S/c1-13-4-5-15(19-12-13)20-16(22)21-17(8-2-3-9-17)14-6-10-18-11-7-14/h4-7,10-12H,2-3,8-9H2,1H3,(H2,19,20,21,22). The van der Waals surface area contributed by atoms with E-state index in [-0.39, 0.29) is 5.54 Å². The van der Waals surface area contributed by atoms with Crippen molar-refractivity contribution in [2.75, 3.05) is 5.32 Å². The number of rotatable bonds is 3. The molecule has 2 aromatic heterocycles. The van der Waals surface area contributed by atoms with Crippen LogP contribution in [0.1, 0.15) is 36.8 Å². The summed E-state index contributed by atoms with van der Waals surface area (Å²) < 4.78 is 0. The van der Waals surface area contributed by atoms with Gasteiger partial charge in [-0.3, -0.25) is 4.98 Å². The van der Waals surface area contributed by atoms with Gasteiger partial charge in [-0.15, -0.1) is 0 Å². The lowest BCUT2D eigenvalue weighted by Crippen LogP contribution is -2.45. The Morgan fingerprint density at radius 3 is 2.50 bits per heavy atom. The van der Waals surface area contributed by atoms with Gasteiger partial charge in [0, 0.05) is 18.6 Å². The van der Waals surface area contributed by atoms with Crippen LogP contribution in [0.15, 0.2) is 42.9 Å². The van der Waals surface area contributed by atoms with E-state index in [9.17, 15) is 0 Å². The highest BCUT2D eigenvalue weighted by Crippen LogP contribution is 2.38. The molecule has 22 heavy (non-hydrogen) atoms. The van der Waals surface area contributed by atoms with Gasteiger partial charge in [0.05, 0.1) is 5.54 Å². The van der Waals surface area contributed by atoms with Gasteiger partial charge in [0.15, 0.2) is 5.11 Å². The average Bonchev–Trinajstić information content (AvgIpc) is 3.00. The second-order valence-corrected chi connectivity index (χ2v) is 6.23. The lowest BCUT2D eigenvalue weighted by Gasteiger charge is -2.32. The van der Waals surface area contributed by atoms with Crippen molar-refractivity contribution < 1.29 is 0 Å². The molecule has 1 aliphatic rings. The van der Waals surface area contributed by atoms with Crippen LogP contribution in [0.5, 0.6) is 0 Å². The summed E-state index contributed by atoms with van der Waals surface area (Å²) in [5.74, 6) is 0.769. The molecular weight excluding hydrogens is 292 g/mol. The van der Waals surface area contributed by atoms with E-state index in [0.717, 1.165) is 24.2 Å². The Hall–Kier alpha value is -2.01. The normalized spacial score (nSPS) is 16.2. The van der Waals surface area contributed by atoms with Gasteiger partial charge in [0.2, 0.25) is 0 Å². The minimum atomic E-state index is -0.0856. The minimum Gasteiger partial charge on any atom is -0.353 e. The predicted octanol–water partition coefficient (Wildman–Crippen LogP) is 3.54. The minimum absolute atomic E-state index is 0.0856. The summed E-state index contributed by atoms with van der Waals surface area (Å²) in [6.07, 6.45) is 10.1. The quantitative estimate of drug-likeness (QED) is 0.849. The zero-order valence-electron chi connectivity index (χ0n) is 12.7. The van der Waals surface area contributed by atoms with E-state index in [4.69, 9.17) is 12.2 Å². The number of hydrogen-bond donors (Lipinski definition) is 2. The molecule has 1 aliphatic carbocycles. The van der Waals surface area contributed by atoms with Crippen LogP contribution in [0.4, 0.5) is 5.82 Å². The second-order valence-electron chi connectivity index (χ2n) is 5.83. The summed E-state index contributed by atoms with van der Waals surface area (Å²) in [5, 5.41) is 7.33. The van der Waals surface area contributed by atoms with E-state index in [1.165, 1.54) is 18.4 Å². The summed E-state index contributed by atoms with van der Waals surface area (Å²) in [6, 6.07) is 8.11. The molecule has 2 aromatic rings. The van der Waals surface area contributed by atoms with E-state index in [0.29, 0.717) is 5.11 Å². The van der Waals surface area contributed by atoms with Gasteiger partial charge in [-0.2, -0.15) is 0 Å². The maximum atomic E-state index is 5.50.